The van der Waals surface area contributed by atoms with Crippen molar-refractivity contribution in [3.8, 4) is 22.5 Å². The summed E-state index contributed by atoms with van der Waals surface area (Å²) in [7, 11) is -3.39. The Morgan fingerprint density at radius 2 is 1.78 bits per heavy atom. The van der Waals surface area contributed by atoms with E-state index in [0.29, 0.717) is 33.8 Å². The van der Waals surface area contributed by atoms with Crippen molar-refractivity contribution >= 4 is 27.4 Å². The first-order valence-electron chi connectivity index (χ1n) is 7.84. The van der Waals surface area contributed by atoms with E-state index in [1.54, 1.807) is 48.5 Å². The third-order valence-corrected chi connectivity index (χ3v) is 4.31. The van der Waals surface area contributed by atoms with Gasteiger partial charge >= 0.3 is 0 Å². The summed E-state index contributed by atoms with van der Waals surface area (Å²) in [5, 5.41) is 0. The molecule has 138 valence electrons. The summed E-state index contributed by atoms with van der Waals surface area (Å²) in [5.74, 6) is -0.291. The number of amides is 1. The molecule has 1 aromatic heterocycles. The fourth-order valence-electron chi connectivity index (χ4n) is 2.50. The van der Waals surface area contributed by atoms with Crippen molar-refractivity contribution in [2.75, 3.05) is 16.7 Å². The summed E-state index contributed by atoms with van der Waals surface area (Å²) in [6, 6.07) is 13.3. The van der Waals surface area contributed by atoms with Gasteiger partial charge in [0.2, 0.25) is 15.9 Å². The summed E-state index contributed by atoms with van der Waals surface area (Å²) in [6.07, 6.45) is 2.59. The molecule has 3 aromatic rings. The van der Waals surface area contributed by atoms with Gasteiger partial charge in [-0.05, 0) is 24.3 Å². The number of anilines is 2. The normalized spacial score (nSPS) is 11.1. The zero-order chi connectivity index (χ0) is 19.6. The van der Waals surface area contributed by atoms with Crippen molar-refractivity contribution in [2.45, 2.75) is 0 Å². The lowest BCUT2D eigenvalue weighted by Crippen LogP contribution is -2.10. The van der Waals surface area contributed by atoms with Crippen LogP contribution in [0.2, 0.25) is 0 Å². The highest BCUT2D eigenvalue weighted by atomic mass is 32.2. The predicted octanol–water partition coefficient (Wildman–Crippen LogP) is 1.86. The molecule has 0 unspecified atom stereocenters. The molecule has 0 saturated heterocycles. The molecule has 27 heavy (non-hydrogen) atoms. The van der Waals surface area contributed by atoms with E-state index in [4.69, 9.17) is 11.5 Å². The van der Waals surface area contributed by atoms with Gasteiger partial charge in [-0.1, -0.05) is 24.3 Å². The van der Waals surface area contributed by atoms with Crippen LogP contribution in [0.1, 0.15) is 10.4 Å². The Morgan fingerprint density at radius 1 is 1.07 bits per heavy atom. The topological polar surface area (TPSA) is 141 Å². The Balaban J connectivity index is 2.01. The fraction of sp³-hybridized carbons (Fsp3) is 0.0556. The smallest absolute Gasteiger partial charge is 0.248 e. The molecular formula is C18H17N5O3S. The van der Waals surface area contributed by atoms with Gasteiger partial charge in [0.25, 0.3) is 0 Å². The second kappa shape index (κ2) is 7.04. The number of benzene rings is 2. The van der Waals surface area contributed by atoms with Crippen LogP contribution < -0.4 is 16.2 Å². The molecule has 0 aliphatic heterocycles. The van der Waals surface area contributed by atoms with E-state index in [1.165, 1.54) is 6.20 Å². The van der Waals surface area contributed by atoms with Gasteiger partial charge in [0.15, 0.2) is 0 Å². The Morgan fingerprint density at radius 3 is 2.41 bits per heavy atom. The second-order valence-electron chi connectivity index (χ2n) is 5.89. The molecule has 1 amide bonds. The zero-order valence-corrected chi connectivity index (χ0v) is 15.2. The molecule has 0 fully saturated rings. The molecule has 0 bridgehead atoms. The lowest BCUT2D eigenvalue weighted by molar-refractivity contribution is 0.100. The standard InChI is InChI=1S/C18H17N5O3S/c1-27(25,26)23-14-4-2-3-13(9-14)15-10-21-17(19)16(22-15)11-5-7-12(8-6-11)18(20)24/h2-10,23H,1H3,(H2,19,21)(H2,20,24). The number of carbonyl (C=O) groups is 1. The molecule has 0 atom stereocenters. The van der Waals surface area contributed by atoms with Crippen molar-refractivity contribution < 1.29 is 13.2 Å². The summed E-state index contributed by atoms with van der Waals surface area (Å²) in [6.45, 7) is 0. The Hall–Kier alpha value is -3.46. The molecular weight excluding hydrogens is 366 g/mol. The van der Waals surface area contributed by atoms with Crippen LogP contribution in [0.5, 0.6) is 0 Å². The minimum Gasteiger partial charge on any atom is -0.382 e. The maximum Gasteiger partial charge on any atom is 0.248 e. The SMILES string of the molecule is CS(=O)(=O)Nc1cccc(-c2cnc(N)c(-c3ccc(C(N)=O)cc3)n2)c1. The summed E-state index contributed by atoms with van der Waals surface area (Å²) in [4.78, 5) is 19.9. The van der Waals surface area contributed by atoms with Crippen molar-refractivity contribution in [3.05, 3.63) is 60.3 Å². The lowest BCUT2D eigenvalue weighted by Gasteiger charge is -2.09. The van der Waals surface area contributed by atoms with E-state index >= 15 is 0 Å². The first kappa shape index (κ1) is 18.3. The zero-order valence-electron chi connectivity index (χ0n) is 14.4. The van der Waals surface area contributed by atoms with Crippen LogP contribution in [0.25, 0.3) is 22.5 Å². The van der Waals surface area contributed by atoms with Gasteiger partial charge in [-0.15, -0.1) is 0 Å². The molecule has 9 heteroatoms. The van der Waals surface area contributed by atoms with Crippen LogP contribution in [0.3, 0.4) is 0 Å². The average Bonchev–Trinajstić information content (AvgIpc) is 2.61. The van der Waals surface area contributed by atoms with E-state index in [9.17, 15) is 13.2 Å². The van der Waals surface area contributed by atoms with E-state index in [-0.39, 0.29) is 5.82 Å². The van der Waals surface area contributed by atoms with Gasteiger partial charge in [-0.2, -0.15) is 0 Å². The number of nitrogens with one attached hydrogen (secondary N) is 1. The van der Waals surface area contributed by atoms with Crippen molar-refractivity contribution in [3.63, 3.8) is 0 Å². The third-order valence-electron chi connectivity index (χ3n) is 3.71. The molecule has 1 heterocycles. The minimum absolute atomic E-state index is 0.232. The number of sulfonamides is 1. The van der Waals surface area contributed by atoms with E-state index < -0.39 is 15.9 Å². The number of hydrogen-bond donors (Lipinski definition) is 3. The fourth-order valence-corrected chi connectivity index (χ4v) is 3.05. The summed E-state index contributed by atoms with van der Waals surface area (Å²) >= 11 is 0. The molecule has 0 saturated carbocycles. The average molecular weight is 383 g/mol. The highest BCUT2D eigenvalue weighted by molar-refractivity contribution is 7.92. The highest BCUT2D eigenvalue weighted by Crippen LogP contribution is 2.27. The number of aromatic nitrogens is 2. The minimum atomic E-state index is -3.39. The van der Waals surface area contributed by atoms with E-state index in [1.807, 2.05) is 0 Å². The molecule has 8 nitrogen and oxygen atoms in total. The highest BCUT2D eigenvalue weighted by Gasteiger charge is 2.11. The van der Waals surface area contributed by atoms with Crippen molar-refractivity contribution in [1.82, 2.24) is 9.97 Å². The number of hydrogen-bond acceptors (Lipinski definition) is 6. The summed E-state index contributed by atoms with van der Waals surface area (Å²) in [5.41, 5.74) is 14.3. The van der Waals surface area contributed by atoms with Crippen molar-refractivity contribution in [1.29, 1.82) is 0 Å². The van der Waals surface area contributed by atoms with Crippen LogP contribution in [0.4, 0.5) is 11.5 Å². The first-order valence-corrected chi connectivity index (χ1v) is 9.73. The largest absolute Gasteiger partial charge is 0.382 e. The third kappa shape index (κ3) is 4.39. The molecule has 0 radical (unpaired) electrons. The van der Waals surface area contributed by atoms with Gasteiger partial charge < -0.3 is 11.5 Å². The molecule has 2 aromatic carbocycles. The number of nitrogen functional groups attached to an aromatic ring is 1. The van der Waals surface area contributed by atoms with Crippen LogP contribution >= 0.6 is 0 Å². The Kier molecular flexibility index (Phi) is 4.78. The quantitative estimate of drug-likeness (QED) is 0.614. The van der Waals surface area contributed by atoms with Crippen molar-refractivity contribution in [2.24, 2.45) is 5.73 Å². The lowest BCUT2D eigenvalue weighted by atomic mass is 10.1. The predicted molar refractivity (Wildman–Crippen MR) is 104 cm³/mol. The van der Waals surface area contributed by atoms with Crippen LogP contribution in [-0.4, -0.2) is 30.5 Å². The second-order valence-corrected chi connectivity index (χ2v) is 7.63. The number of nitrogens with zero attached hydrogens (tertiary/aromatic N) is 2. The number of nitrogens with two attached hydrogens (primary N) is 2. The molecule has 0 aliphatic rings. The molecule has 5 N–H and O–H groups in total. The van der Waals surface area contributed by atoms with Gasteiger partial charge in [0.05, 0.1) is 18.1 Å². The number of rotatable bonds is 5. The number of carbonyl (C=O) groups excluding carboxylic acids is 1. The Bertz CT molecular complexity index is 1110. The monoisotopic (exact) mass is 383 g/mol. The van der Waals surface area contributed by atoms with Crippen LogP contribution in [0.15, 0.2) is 54.7 Å². The number of primary amides is 1. The van der Waals surface area contributed by atoms with Gasteiger partial charge in [0, 0.05) is 22.4 Å². The van der Waals surface area contributed by atoms with Gasteiger partial charge in [-0.25, -0.2) is 18.4 Å². The first-order chi connectivity index (χ1) is 12.7. The van der Waals surface area contributed by atoms with Crippen LogP contribution in [0, 0.1) is 0 Å². The van der Waals surface area contributed by atoms with Gasteiger partial charge in [0.1, 0.15) is 11.5 Å². The van der Waals surface area contributed by atoms with E-state index in [2.05, 4.69) is 14.7 Å². The molecule has 0 spiro atoms. The van der Waals surface area contributed by atoms with Crippen LogP contribution in [-0.2, 0) is 10.0 Å². The molecule has 0 aliphatic carbocycles. The van der Waals surface area contributed by atoms with E-state index in [0.717, 1.165) is 6.26 Å². The van der Waals surface area contributed by atoms with Gasteiger partial charge in [-0.3, -0.25) is 9.52 Å². The summed E-state index contributed by atoms with van der Waals surface area (Å²) < 4.78 is 25.3. The maximum absolute atomic E-state index is 11.4. The Labute approximate surface area is 156 Å². The maximum atomic E-state index is 11.4. The molecule has 3 rings (SSSR count).